The van der Waals surface area contributed by atoms with Gasteiger partial charge in [-0.15, -0.1) is 0 Å². The standard InChI is InChI=1S/C20H31FN4O2/c1-22-20(23-9-5-14-26-16-17-6-4-15-27-17)25-12-10-24(11-13-25)19-8-3-2-7-18(19)21/h2-3,7-8,17H,4-6,9-16H2,1H3,(H,22,23). The fourth-order valence-corrected chi connectivity index (χ4v) is 3.56. The van der Waals surface area contributed by atoms with Gasteiger partial charge in [0.2, 0.25) is 0 Å². The number of halogens is 1. The number of ether oxygens (including phenoxy) is 2. The molecule has 2 aliphatic heterocycles. The summed E-state index contributed by atoms with van der Waals surface area (Å²) in [4.78, 5) is 8.71. The number of piperazine rings is 1. The molecule has 1 atom stereocenters. The van der Waals surface area contributed by atoms with E-state index in [0.717, 1.165) is 71.2 Å². The van der Waals surface area contributed by atoms with Gasteiger partial charge in [-0.25, -0.2) is 4.39 Å². The first-order valence-corrected chi connectivity index (χ1v) is 9.92. The van der Waals surface area contributed by atoms with Crippen LogP contribution in [0, 0.1) is 5.82 Å². The maximum atomic E-state index is 14.0. The van der Waals surface area contributed by atoms with Crippen LogP contribution < -0.4 is 10.2 Å². The van der Waals surface area contributed by atoms with Crippen molar-refractivity contribution in [1.82, 2.24) is 10.2 Å². The molecule has 0 saturated carbocycles. The van der Waals surface area contributed by atoms with Crippen LogP contribution in [0.2, 0.25) is 0 Å². The summed E-state index contributed by atoms with van der Waals surface area (Å²) >= 11 is 0. The van der Waals surface area contributed by atoms with E-state index in [1.165, 1.54) is 6.07 Å². The maximum absolute atomic E-state index is 14.0. The Bertz CT molecular complexity index is 599. The smallest absolute Gasteiger partial charge is 0.193 e. The van der Waals surface area contributed by atoms with Crippen LogP contribution in [0.5, 0.6) is 0 Å². The van der Waals surface area contributed by atoms with Crippen molar-refractivity contribution in [3.8, 4) is 0 Å². The Labute approximate surface area is 161 Å². The SMILES string of the molecule is CN=C(NCCCOCC1CCCO1)N1CCN(c2ccccc2F)CC1. The van der Waals surface area contributed by atoms with E-state index >= 15 is 0 Å². The fourth-order valence-electron chi connectivity index (χ4n) is 3.56. The number of hydrogen-bond acceptors (Lipinski definition) is 4. The Morgan fingerprint density at radius 2 is 2.11 bits per heavy atom. The molecule has 0 spiro atoms. The van der Waals surface area contributed by atoms with Crippen molar-refractivity contribution in [3.63, 3.8) is 0 Å². The lowest BCUT2D eigenvalue weighted by molar-refractivity contribution is 0.0168. The predicted octanol–water partition coefficient (Wildman–Crippen LogP) is 2.11. The average Bonchev–Trinajstić information content (AvgIpc) is 3.22. The van der Waals surface area contributed by atoms with Gasteiger partial charge in [-0.1, -0.05) is 12.1 Å². The molecule has 150 valence electrons. The fraction of sp³-hybridized carbons (Fsp3) is 0.650. The number of anilines is 1. The number of benzene rings is 1. The second-order valence-electron chi connectivity index (χ2n) is 6.96. The van der Waals surface area contributed by atoms with Crippen molar-refractivity contribution in [2.75, 3.05) is 64.5 Å². The van der Waals surface area contributed by atoms with Gasteiger partial charge < -0.3 is 24.6 Å². The molecular weight excluding hydrogens is 347 g/mol. The molecule has 0 aliphatic carbocycles. The number of rotatable bonds is 7. The summed E-state index contributed by atoms with van der Waals surface area (Å²) in [6.07, 6.45) is 3.48. The summed E-state index contributed by atoms with van der Waals surface area (Å²) in [5, 5.41) is 3.41. The monoisotopic (exact) mass is 378 g/mol. The normalized spacial score (nSPS) is 21.0. The molecule has 1 N–H and O–H groups in total. The van der Waals surface area contributed by atoms with E-state index in [0.29, 0.717) is 12.3 Å². The lowest BCUT2D eigenvalue weighted by Gasteiger charge is -2.37. The van der Waals surface area contributed by atoms with E-state index in [-0.39, 0.29) is 11.9 Å². The summed E-state index contributed by atoms with van der Waals surface area (Å²) in [6.45, 7) is 6.34. The summed E-state index contributed by atoms with van der Waals surface area (Å²) < 4.78 is 25.2. The predicted molar refractivity (Wildman–Crippen MR) is 106 cm³/mol. The van der Waals surface area contributed by atoms with Crippen molar-refractivity contribution in [2.24, 2.45) is 4.99 Å². The molecule has 1 unspecified atom stereocenters. The van der Waals surface area contributed by atoms with E-state index in [1.54, 1.807) is 13.1 Å². The van der Waals surface area contributed by atoms with Crippen LogP contribution in [0.25, 0.3) is 0 Å². The molecule has 0 aromatic heterocycles. The Morgan fingerprint density at radius 1 is 1.30 bits per heavy atom. The average molecular weight is 378 g/mol. The Kier molecular flexibility index (Phi) is 7.71. The molecule has 0 radical (unpaired) electrons. The minimum atomic E-state index is -0.156. The first kappa shape index (κ1) is 19.9. The van der Waals surface area contributed by atoms with Crippen LogP contribution in [0.4, 0.5) is 10.1 Å². The molecule has 6 nitrogen and oxygen atoms in total. The van der Waals surface area contributed by atoms with Gasteiger partial charge in [0.25, 0.3) is 0 Å². The third-order valence-electron chi connectivity index (χ3n) is 5.06. The van der Waals surface area contributed by atoms with Crippen LogP contribution in [-0.2, 0) is 9.47 Å². The highest BCUT2D eigenvalue weighted by atomic mass is 19.1. The van der Waals surface area contributed by atoms with Crippen LogP contribution >= 0.6 is 0 Å². The zero-order valence-electron chi connectivity index (χ0n) is 16.2. The first-order chi connectivity index (χ1) is 13.3. The summed E-state index contributed by atoms with van der Waals surface area (Å²) in [5.41, 5.74) is 0.684. The van der Waals surface area contributed by atoms with Gasteiger partial charge in [0.1, 0.15) is 5.82 Å². The number of guanidine groups is 1. The zero-order chi connectivity index (χ0) is 18.9. The van der Waals surface area contributed by atoms with Gasteiger partial charge in [0.05, 0.1) is 18.4 Å². The zero-order valence-corrected chi connectivity index (χ0v) is 16.2. The lowest BCUT2D eigenvalue weighted by Crippen LogP contribution is -2.52. The molecule has 2 heterocycles. The quantitative estimate of drug-likeness (QED) is 0.447. The lowest BCUT2D eigenvalue weighted by atomic mass is 10.2. The van der Waals surface area contributed by atoms with Crippen LogP contribution in [-0.4, -0.2) is 76.6 Å². The van der Waals surface area contributed by atoms with Crippen molar-refractivity contribution in [3.05, 3.63) is 30.1 Å². The maximum Gasteiger partial charge on any atom is 0.193 e. The third kappa shape index (κ3) is 5.81. The minimum Gasteiger partial charge on any atom is -0.379 e. The molecule has 27 heavy (non-hydrogen) atoms. The van der Waals surface area contributed by atoms with Crippen LogP contribution in [0.3, 0.4) is 0 Å². The van der Waals surface area contributed by atoms with Gasteiger partial charge >= 0.3 is 0 Å². The number of hydrogen-bond donors (Lipinski definition) is 1. The van der Waals surface area contributed by atoms with E-state index in [1.807, 2.05) is 12.1 Å². The first-order valence-electron chi connectivity index (χ1n) is 9.92. The number of nitrogens with one attached hydrogen (secondary N) is 1. The Hall–Kier alpha value is -1.86. The Morgan fingerprint density at radius 3 is 2.81 bits per heavy atom. The van der Waals surface area contributed by atoms with Gasteiger partial charge in [-0.2, -0.15) is 0 Å². The molecule has 0 amide bonds. The second kappa shape index (κ2) is 10.5. The van der Waals surface area contributed by atoms with E-state index < -0.39 is 0 Å². The highest BCUT2D eigenvalue weighted by Gasteiger charge is 2.21. The van der Waals surface area contributed by atoms with Gasteiger partial charge in [0.15, 0.2) is 5.96 Å². The highest BCUT2D eigenvalue weighted by Crippen LogP contribution is 2.20. The van der Waals surface area contributed by atoms with Gasteiger partial charge in [-0.3, -0.25) is 4.99 Å². The van der Waals surface area contributed by atoms with E-state index in [9.17, 15) is 4.39 Å². The third-order valence-corrected chi connectivity index (χ3v) is 5.06. The second-order valence-corrected chi connectivity index (χ2v) is 6.96. The van der Waals surface area contributed by atoms with Crippen molar-refractivity contribution in [1.29, 1.82) is 0 Å². The van der Waals surface area contributed by atoms with E-state index in [4.69, 9.17) is 9.47 Å². The topological polar surface area (TPSA) is 49.3 Å². The molecule has 3 rings (SSSR count). The minimum absolute atomic E-state index is 0.156. The molecule has 1 aromatic rings. The highest BCUT2D eigenvalue weighted by molar-refractivity contribution is 5.80. The molecule has 7 heteroatoms. The molecule has 2 aliphatic rings. The van der Waals surface area contributed by atoms with Crippen molar-refractivity contribution in [2.45, 2.75) is 25.4 Å². The van der Waals surface area contributed by atoms with E-state index in [2.05, 4.69) is 20.1 Å². The van der Waals surface area contributed by atoms with Crippen LogP contribution in [0.15, 0.2) is 29.3 Å². The molecular formula is C20H31FN4O2. The summed E-state index contributed by atoms with van der Waals surface area (Å²) in [5.74, 6) is 0.749. The molecule has 1 aromatic carbocycles. The number of aliphatic imine (C=N–C) groups is 1. The van der Waals surface area contributed by atoms with Crippen LogP contribution in [0.1, 0.15) is 19.3 Å². The summed E-state index contributed by atoms with van der Waals surface area (Å²) in [6, 6.07) is 6.97. The van der Waals surface area contributed by atoms with Gasteiger partial charge in [0, 0.05) is 53.0 Å². The molecule has 2 fully saturated rings. The largest absolute Gasteiger partial charge is 0.379 e. The van der Waals surface area contributed by atoms with Crippen molar-refractivity contribution >= 4 is 11.6 Å². The van der Waals surface area contributed by atoms with Crippen molar-refractivity contribution < 1.29 is 13.9 Å². The molecule has 0 bridgehead atoms. The Balaban J connectivity index is 1.33. The summed E-state index contributed by atoms with van der Waals surface area (Å²) in [7, 11) is 1.81. The number of nitrogens with zero attached hydrogens (tertiary/aromatic N) is 3. The molecule has 2 saturated heterocycles. The number of para-hydroxylation sites is 1. The van der Waals surface area contributed by atoms with Gasteiger partial charge in [-0.05, 0) is 31.4 Å².